The lowest BCUT2D eigenvalue weighted by Crippen LogP contribution is -2.69. The molecule has 196 valence electrons. The predicted octanol–water partition coefficient (Wildman–Crippen LogP) is 4.04. The fourth-order valence-corrected chi connectivity index (χ4v) is 8.81. The molecule has 7 nitrogen and oxygen atoms in total. The molecule has 0 aliphatic heterocycles. The molecule has 36 heavy (non-hydrogen) atoms. The van der Waals surface area contributed by atoms with Gasteiger partial charge in [0.05, 0.1) is 23.1 Å². The molecule has 0 spiro atoms. The predicted molar refractivity (Wildman–Crippen MR) is 134 cm³/mol. The molecule has 3 N–H and O–H groups in total. The monoisotopic (exact) mass is 538 g/mol. The van der Waals surface area contributed by atoms with Crippen molar-refractivity contribution in [1.29, 1.82) is 0 Å². The first-order valence-electron chi connectivity index (χ1n) is 12.1. The summed E-state index contributed by atoms with van der Waals surface area (Å²) in [7, 11) is 0. The summed E-state index contributed by atoms with van der Waals surface area (Å²) >= 11 is 13.6. The van der Waals surface area contributed by atoms with E-state index in [0.717, 1.165) is 5.57 Å². The molecule has 1 heterocycles. The molecule has 0 radical (unpaired) electrons. The number of fused-ring (bicyclic) bond motifs is 5. The molecular weight excluding hydrogens is 507 g/mol. The van der Waals surface area contributed by atoms with Crippen LogP contribution in [0.25, 0.3) is 0 Å². The lowest BCUT2D eigenvalue weighted by atomic mass is 9.45. The van der Waals surface area contributed by atoms with E-state index >= 15 is 0 Å². The number of allylic oxidation sites excluding steroid dienone is 4. The van der Waals surface area contributed by atoms with Gasteiger partial charge in [-0.15, -0.1) is 23.2 Å². The van der Waals surface area contributed by atoms with Crippen LogP contribution >= 0.6 is 23.2 Å². The highest BCUT2D eigenvalue weighted by Crippen LogP contribution is 2.72. The van der Waals surface area contributed by atoms with E-state index in [-0.39, 0.29) is 52.9 Å². The van der Waals surface area contributed by atoms with Crippen molar-refractivity contribution in [2.75, 3.05) is 5.88 Å². The van der Waals surface area contributed by atoms with Crippen LogP contribution in [0.4, 0.5) is 0 Å². The molecular formula is C27H32Cl2O7. The second-order valence-electron chi connectivity index (χ2n) is 11.1. The first-order valence-corrected chi connectivity index (χ1v) is 13.0. The fourth-order valence-electron chi connectivity index (χ4n) is 8.09. The smallest absolute Gasteiger partial charge is 0.375 e. The number of esters is 1. The van der Waals surface area contributed by atoms with Gasteiger partial charge in [0.2, 0.25) is 5.76 Å². The Kier molecular flexibility index (Phi) is 6.65. The molecule has 3 fully saturated rings. The van der Waals surface area contributed by atoms with Gasteiger partial charge in [-0.25, -0.2) is 4.79 Å². The highest BCUT2D eigenvalue weighted by molar-refractivity contribution is 6.29. The summed E-state index contributed by atoms with van der Waals surface area (Å²) in [5.41, 5.74) is -2.20. The highest BCUT2D eigenvalue weighted by Gasteiger charge is 2.76. The van der Waals surface area contributed by atoms with Crippen molar-refractivity contribution in [2.45, 2.75) is 63.0 Å². The number of ether oxygens (including phenoxy) is 1. The van der Waals surface area contributed by atoms with E-state index in [2.05, 4.69) is 0 Å². The number of alkyl halides is 2. The number of hydrogen-bond donors (Lipinski definition) is 1. The molecule has 3 saturated carbocycles. The number of aliphatic hydroxyl groups is 1. The van der Waals surface area contributed by atoms with E-state index in [1.54, 1.807) is 12.1 Å². The maximum Gasteiger partial charge on any atom is 0.375 e. The first-order chi connectivity index (χ1) is 16.5. The third-order valence-corrected chi connectivity index (χ3v) is 10.9. The van der Waals surface area contributed by atoms with Gasteiger partial charge in [-0.05, 0) is 61.8 Å². The van der Waals surface area contributed by atoms with Crippen LogP contribution in [0.15, 0.2) is 46.6 Å². The normalized spacial score (nSPS) is 42.9. The van der Waals surface area contributed by atoms with E-state index in [0.29, 0.717) is 19.3 Å². The number of ketones is 2. The van der Waals surface area contributed by atoms with Crippen LogP contribution in [0.3, 0.4) is 0 Å². The van der Waals surface area contributed by atoms with Gasteiger partial charge in [-0.2, -0.15) is 0 Å². The number of Topliss-reactive ketones (excluding diaryl/α,β-unsaturated/α-hetero) is 1. The molecule has 8 atom stereocenters. The third kappa shape index (κ3) is 3.22. The zero-order valence-corrected chi connectivity index (χ0v) is 22.1. The zero-order valence-electron chi connectivity index (χ0n) is 20.6. The van der Waals surface area contributed by atoms with Gasteiger partial charge >= 0.3 is 5.97 Å². The molecule has 9 heteroatoms. The molecule has 0 amide bonds. The van der Waals surface area contributed by atoms with Crippen LogP contribution in [-0.2, 0) is 14.3 Å². The van der Waals surface area contributed by atoms with E-state index in [4.69, 9.17) is 32.4 Å². The largest absolute Gasteiger partial charge is 0.457 e. The average molecular weight is 539 g/mol. The second-order valence-corrected chi connectivity index (χ2v) is 12.0. The Hall–Kier alpha value is -1.93. The number of carbonyl (C=O) groups excluding carboxylic acids is 3. The fraction of sp³-hybridized carbons (Fsp3) is 0.593. The second kappa shape index (κ2) is 8.83. The summed E-state index contributed by atoms with van der Waals surface area (Å²) in [6.45, 7) is 5.81. The molecule has 0 aromatic carbocycles. The minimum atomic E-state index is -1.53. The van der Waals surface area contributed by atoms with Gasteiger partial charge in [0, 0.05) is 16.7 Å². The van der Waals surface area contributed by atoms with Crippen molar-refractivity contribution in [2.24, 2.45) is 28.6 Å². The van der Waals surface area contributed by atoms with Crippen molar-refractivity contribution in [1.82, 2.24) is 0 Å². The average Bonchev–Trinajstić information content (AvgIpc) is 3.42. The molecule has 5 rings (SSSR count). The van der Waals surface area contributed by atoms with Crippen molar-refractivity contribution in [3.05, 3.63) is 48.0 Å². The van der Waals surface area contributed by atoms with Gasteiger partial charge in [0.1, 0.15) is 0 Å². The zero-order chi connectivity index (χ0) is 25.4. The Morgan fingerprint density at radius 3 is 2.64 bits per heavy atom. The Morgan fingerprint density at radius 1 is 1.28 bits per heavy atom. The summed E-state index contributed by atoms with van der Waals surface area (Å²) in [5.74, 6) is -2.12. The topological polar surface area (TPSA) is 125 Å². The number of hydrogen-bond acceptors (Lipinski definition) is 6. The standard InChI is InChI=1S/C27H30Cl2O6.H2O/c1-15-11-19-18-7-6-16-12-17(30)8-9-24(16,2)26(18,29)21(31)13-25(19,3)27(15,22(32)14-28)35-23(33)20-5-4-10-34-20;/h4-5,8-10,12,15,18-19,21,31H,6-7,11,13-14H2,1-3H3;1H2/t15?,18?,19?,21?,24-,25-,26-,27-;/m0./s1. The van der Waals surface area contributed by atoms with Gasteiger partial charge in [-0.3, -0.25) is 9.59 Å². The summed E-state index contributed by atoms with van der Waals surface area (Å²) < 4.78 is 11.3. The highest BCUT2D eigenvalue weighted by atomic mass is 35.5. The van der Waals surface area contributed by atoms with Gasteiger partial charge < -0.3 is 19.7 Å². The maximum absolute atomic E-state index is 13.6. The van der Waals surface area contributed by atoms with Crippen LogP contribution in [0.1, 0.15) is 57.0 Å². The molecule has 0 bridgehead atoms. The van der Waals surface area contributed by atoms with Crippen LogP contribution < -0.4 is 0 Å². The molecule has 1 aromatic rings. The maximum atomic E-state index is 13.6. The van der Waals surface area contributed by atoms with Gasteiger partial charge in [0.15, 0.2) is 17.2 Å². The SMILES string of the molecule is CC1CC2C3CCC4=CC(=O)C=C[C@]4(C)[C@@]3(Cl)C(O)C[C@]2(C)[C@@]1(OC(=O)c1ccco1)C(=O)CCl.O. The Balaban J connectivity index is 0.00000304. The van der Waals surface area contributed by atoms with Crippen LogP contribution in [0.2, 0.25) is 0 Å². The number of rotatable bonds is 4. The third-order valence-electron chi connectivity index (χ3n) is 9.69. The molecule has 0 saturated heterocycles. The summed E-state index contributed by atoms with van der Waals surface area (Å²) in [4.78, 5) is 37.7. The van der Waals surface area contributed by atoms with Crippen molar-refractivity contribution in [3.63, 3.8) is 0 Å². The molecule has 4 unspecified atom stereocenters. The van der Waals surface area contributed by atoms with E-state index in [9.17, 15) is 19.5 Å². The number of halogens is 2. The van der Waals surface area contributed by atoms with E-state index in [1.165, 1.54) is 18.4 Å². The van der Waals surface area contributed by atoms with Crippen LogP contribution in [-0.4, -0.2) is 50.6 Å². The van der Waals surface area contributed by atoms with E-state index < -0.39 is 33.4 Å². The van der Waals surface area contributed by atoms with Gasteiger partial charge in [0.25, 0.3) is 0 Å². The van der Waals surface area contributed by atoms with Gasteiger partial charge in [-0.1, -0.05) is 32.4 Å². The Labute approximate surface area is 220 Å². The number of carbonyl (C=O) groups is 3. The summed E-state index contributed by atoms with van der Waals surface area (Å²) in [5, 5.41) is 11.8. The quantitative estimate of drug-likeness (QED) is 0.455. The first kappa shape index (κ1) is 27.1. The van der Waals surface area contributed by atoms with Crippen LogP contribution in [0, 0.1) is 28.6 Å². The molecule has 4 aliphatic rings. The molecule has 1 aromatic heterocycles. The lowest BCUT2D eigenvalue weighted by molar-refractivity contribution is -0.177. The van der Waals surface area contributed by atoms with Crippen molar-refractivity contribution >= 4 is 40.7 Å². The van der Waals surface area contributed by atoms with E-state index in [1.807, 2.05) is 26.8 Å². The minimum Gasteiger partial charge on any atom is -0.457 e. The van der Waals surface area contributed by atoms with Crippen LogP contribution in [0.5, 0.6) is 0 Å². The van der Waals surface area contributed by atoms with Crippen molar-refractivity contribution in [3.8, 4) is 0 Å². The number of aliphatic hydroxyl groups excluding tert-OH is 1. The summed E-state index contributed by atoms with van der Waals surface area (Å²) in [6.07, 6.45) is 7.44. The van der Waals surface area contributed by atoms with Crippen molar-refractivity contribution < 1.29 is 34.1 Å². The Morgan fingerprint density at radius 2 is 2.00 bits per heavy atom. The number of furan rings is 1. The summed E-state index contributed by atoms with van der Waals surface area (Å²) in [6, 6.07) is 3.07. The Bertz CT molecular complexity index is 1140. The molecule has 4 aliphatic carbocycles. The lowest BCUT2D eigenvalue weighted by Gasteiger charge is -2.64. The minimum absolute atomic E-state index is 0.